The second-order valence-corrected chi connectivity index (χ2v) is 7.38. The van der Waals surface area contributed by atoms with E-state index in [0.717, 1.165) is 11.8 Å². The van der Waals surface area contributed by atoms with E-state index in [4.69, 9.17) is 4.74 Å². The maximum Gasteiger partial charge on any atom is 0.333 e. The molecule has 0 aromatic heterocycles. The molecule has 4 aliphatic carbocycles. The van der Waals surface area contributed by atoms with Crippen molar-refractivity contribution in [2.75, 3.05) is 0 Å². The zero-order valence-electron chi connectivity index (χ0n) is 11.8. The molecule has 0 radical (unpaired) electrons. The Kier molecular flexibility index (Phi) is 2.46. The summed E-state index contributed by atoms with van der Waals surface area (Å²) in [5.74, 6) is 2.12. The normalized spacial score (nSPS) is 49.2. The van der Waals surface area contributed by atoms with Gasteiger partial charge in [0.1, 0.15) is 5.60 Å². The van der Waals surface area contributed by atoms with E-state index >= 15 is 0 Å². The molecule has 2 heteroatoms. The molecule has 100 valence electrons. The molecule has 4 aliphatic rings. The van der Waals surface area contributed by atoms with Crippen LogP contribution in [0, 0.1) is 23.2 Å². The smallest absolute Gasteiger partial charge is 0.333 e. The van der Waals surface area contributed by atoms with Crippen LogP contribution in [0.15, 0.2) is 12.2 Å². The van der Waals surface area contributed by atoms with Crippen LogP contribution in [0.3, 0.4) is 0 Å². The van der Waals surface area contributed by atoms with Gasteiger partial charge in [-0.1, -0.05) is 13.5 Å². The van der Waals surface area contributed by atoms with Crippen LogP contribution in [0.4, 0.5) is 0 Å². The third-order valence-electron chi connectivity index (χ3n) is 6.01. The highest BCUT2D eigenvalue weighted by molar-refractivity contribution is 5.87. The van der Waals surface area contributed by atoms with Gasteiger partial charge in [0.15, 0.2) is 0 Å². The number of hydrogen-bond donors (Lipinski definition) is 0. The Balaban J connectivity index is 1.91. The van der Waals surface area contributed by atoms with Crippen molar-refractivity contribution in [1.29, 1.82) is 0 Å². The summed E-state index contributed by atoms with van der Waals surface area (Å²) in [4.78, 5) is 12.0. The molecule has 0 saturated heterocycles. The number of carbonyl (C=O) groups is 1. The molecule has 0 aromatic rings. The second-order valence-electron chi connectivity index (χ2n) is 7.38. The van der Waals surface area contributed by atoms with E-state index in [0.29, 0.717) is 11.5 Å². The third-order valence-corrected chi connectivity index (χ3v) is 6.01. The van der Waals surface area contributed by atoms with Crippen LogP contribution in [0.1, 0.15) is 52.9 Å². The van der Waals surface area contributed by atoms with Crippen molar-refractivity contribution < 1.29 is 9.53 Å². The van der Waals surface area contributed by atoms with Gasteiger partial charge < -0.3 is 4.74 Å². The van der Waals surface area contributed by atoms with Gasteiger partial charge in [-0.2, -0.15) is 0 Å². The second kappa shape index (κ2) is 3.61. The van der Waals surface area contributed by atoms with Gasteiger partial charge >= 0.3 is 5.97 Å². The van der Waals surface area contributed by atoms with Crippen molar-refractivity contribution >= 4 is 5.97 Å². The molecule has 2 nitrogen and oxygen atoms in total. The van der Waals surface area contributed by atoms with Gasteiger partial charge in [-0.3, -0.25) is 0 Å². The summed E-state index contributed by atoms with van der Waals surface area (Å²) in [5, 5.41) is 0. The number of rotatable bonds is 2. The third kappa shape index (κ3) is 1.50. The van der Waals surface area contributed by atoms with Gasteiger partial charge in [-0.05, 0) is 63.7 Å². The van der Waals surface area contributed by atoms with Crippen LogP contribution in [0.25, 0.3) is 0 Å². The number of esters is 1. The Bertz CT molecular complexity index is 397. The summed E-state index contributed by atoms with van der Waals surface area (Å²) in [5.41, 5.74) is 0.442. The summed E-state index contributed by atoms with van der Waals surface area (Å²) < 4.78 is 5.94. The van der Waals surface area contributed by atoms with E-state index in [9.17, 15) is 4.79 Å². The number of carbonyl (C=O) groups excluding carboxylic acids is 1. The average molecular weight is 248 g/mol. The average Bonchev–Trinajstić information content (AvgIpc) is 2.24. The first-order chi connectivity index (χ1) is 8.34. The molecular formula is C16H24O2. The maximum absolute atomic E-state index is 12.0. The molecule has 0 heterocycles. The minimum Gasteiger partial charge on any atom is -0.455 e. The Labute approximate surface area is 110 Å². The molecule has 0 spiro atoms. The number of hydrogen-bond acceptors (Lipinski definition) is 2. The fraction of sp³-hybridized carbons (Fsp3) is 0.812. The minimum atomic E-state index is -0.267. The fourth-order valence-corrected chi connectivity index (χ4v) is 5.09. The fourth-order valence-electron chi connectivity index (χ4n) is 5.09. The first-order valence-electron chi connectivity index (χ1n) is 7.23. The van der Waals surface area contributed by atoms with Crippen LogP contribution in [-0.4, -0.2) is 11.6 Å². The Morgan fingerprint density at radius 2 is 1.72 bits per heavy atom. The van der Waals surface area contributed by atoms with Gasteiger partial charge in [0.25, 0.3) is 0 Å². The molecule has 0 aliphatic heterocycles. The van der Waals surface area contributed by atoms with Crippen molar-refractivity contribution in [2.24, 2.45) is 23.2 Å². The lowest BCUT2D eigenvalue weighted by Crippen LogP contribution is -2.63. The van der Waals surface area contributed by atoms with Crippen molar-refractivity contribution in [3.8, 4) is 0 Å². The minimum absolute atomic E-state index is 0.187. The summed E-state index contributed by atoms with van der Waals surface area (Å²) in [7, 11) is 0. The van der Waals surface area contributed by atoms with Crippen LogP contribution in [0.2, 0.25) is 0 Å². The van der Waals surface area contributed by atoms with Gasteiger partial charge in [-0.25, -0.2) is 4.79 Å². The lowest BCUT2D eigenvalue weighted by atomic mass is 9.44. The predicted octanol–water partition coefficient (Wildman–Crippen LogP) is 3.71. The van der Waals surface area contributed by atoms with Crippen molar-refractivity contribution in [1.82, 2.24) is 0 Å². The van der Waals surface area contributed by atoms with E-state index in [1.807, 2.05) is 0 Å². The van der Waals surface area contributed by atoms with Crippen molar-refractivity contribution in [3.63, 3.8) is 0 Å². The van der Waals surface area contributed by atoms with E-state index in [-0.39, 0.29) is 17.0 Å². The number of ether oxygens (including phenoxy) is 1. The molecule has 4 saturated carbocycles. The zero-order chi connectivity index (χ0) is 13.1. The lowest BCUT2D eigenvalue weighted by molar-refractivity contribution is -0.231. The maximum atomic E-state index is 12.0. The highest BCUT2D eigenvalue weighted by Crippen LogP contribution is 2.65. The largest absolute Gasteiger partial charge is 0.455 e. The van der Waals surface area contributed by atoms with E-state index in [1.165, 1.54) is 32.1 Å². The topological polar surface area (TPSA) is 26.3 Å². The summed E-state index contributed by atoms with van der Waals surface area (Å²) in [6.07, 6.45) is 6.40. The monoisotopic (exact) mass is 248 g/mol. The van der Waals surface area contributed by atoms with Gasteiger partial charge in [0, 0.05) is 11.0 Å². The molecule has 4 bridgehead atoms. The summed E-state index contributed by atoms with van der Waals surface area (Å²) in [6, 6.07) is 0. The Morgan fingerprint density at radius 3 is 2.17 bits per heavy atom. The zero-order valence-corrected chi connectivity index (χ0v) is 11.8. The molecule has 0 amide bonds. The molecule has 0 aromatic carbocycles. The van der Waals surface area contributed by atoms with Crippen LogP contribution in [0.5, 0.6) is 0 Å². The predicted molar refractivity (Wildman–Crippen MR) is 71.0 cm³/mol. The molecule has 0 N–H and O–H groups in total. The SMILES string of the molecule is C=C(C)C(=O)OC1(C)C2CC3CC(C2)CC1(C)C3. The molecular weight excluding hydrogens is 224 g/mol. The molecule has 3 unspecified atom stereocenters. The van der Waals surface area contributed by atoms with E-state index in [1.54, 1.807) is 6.92 Å². The van der Waals surface area contributed by atoms with Crippen LogP contribution >= 0.6 is 0 Å². The van der Waals surface area contributed by atoms with Crippen LogP contribution in [-0.2, 0) is 9.53 Å². The quantitative estimate of drug-likeness (QED) is 0.550. The lowest BCUT2D eigenvalue weighted by Gasteiger charge is -2.64. The van der Waals surface area contributed by atoms with Gasteiger partial charge in [0.05, 0.1) is 0 Å². The molecule has 4 fully saturated rings. The van der Waals surface area contributed by atoms with E-state index < -0.39 is 0 Å². The first-order valence-corrected chi connectivity index (χ1v) is 7.23. The Morgan fingerprint density at radius 1 is 1.17 bits per heavy atom. The highest BCUT2D eigenvalue weighted by Gasteiger charge is 2.63. The molecule has 4 rings (SSSR count). The van der Waals surface area contributed by atoms with Crippen molar-refractivity contribution in [3.05, 3.63) is 12.2 Å². The van der Waals surface area contributed by atoms with Crippen LogP contribution < -0.4 is 0 Å². The molecule has 3 atom stereocenters. The standard InChI is InChI=1S/C16H24O2/c1-10(2)14(17)18-16(4)13-6-11-5-12(7-13)9-15(16,3)8-11/h11-13H,1,5-9H2,2-4H3. The van der Waals surface area contributed by atoms with E-state index in [2.05, 4.69) is 20.4 Å². The first kappa shape index (κ1) is 12.3. The van der Waals surface area contributed by atoms with Gasteiger partial charge in [0.2, 0.25) is 0 Å². The molecule has 18 heavy (non-hydrogen) atoms. The van der Waals surface area contributed by atoms with Gasteiger partial charge in [-0.15, -0.1) is 0 Å². The summed E-state index contributed by atoms with van der Waals surface area (Å²) >= 11 is 0. The summed E-state index contributed by atoms with van der Waals surface area (Å²) in [6.45, 7) is 9.97. The van der Waals surface area contributed by atoms with Crippen molar-refractivity contribution in [2.45, 2.75) is 58.5 Å². The Hall–Kier alpha value is -0.790. The highest BCUT2D eigenvalue weighted by atomic mass is 16.6.